The molecular weight excluding hydrogens is 268 g/mol. The van der Waals surface area contributed by atoms with Crippen LogP contribution in [-0.4, -0.2) is 19.0 Å². The third-order valence-corrected chi connectivity index (χ3v) is 2.99. The van der Waals surface area contributed by atoms with Crippen molar-refractivity contribution in [1.82, 2.24) is 0 Å². The van der Waals surface area contributed by atoms with Gasteiger partial charge in [0.15, 0.2) is 0 Å². The van der Waals surface area contributed by atoms with E-state index in [1.807, 2.05) is 18.2 Å². The van der Waals surface area contributed by atoms with Crippen molar-refractivity contribution < 1.29 is 14.3 Å². The molecule has 3 N–H and O–H groups in total. The summed E-state index contributed by atoms with van der Waals surface area (Å²) < 4.78 is 4.64. The molecule has 108 valence electrons. The van der Waals surface area contributed by atoms with Gasteiger partial charge in [-0.3, -0.25) is 4.79 Å². The first-order valence-corrected chi connectivity index (χ1v) is 6.41. The zero-order chi connectivity index (χ0) is 15.2. The number of hydrogen-bond acceptors (Lipinski definition) is 4. The number of anilines is 1. The Labute approximate surface area is 122 Å². The summed E-state index contributed by atoms with van der Waals surface area (Å²) in [6.45, 7) is 0. The summed E-state index contributed by atoms with van der Waals surface area (Å²) in [5.41, 5.74) is 7.49. The third kappa shape index (κ3) is 3.67. The van der Waals surface area contributed by atoms with Crippen molar-refractivity contribution in [3.05, 3.63) is 65.7 Å². The van der Waals surface area contributed by atoms with Crippen molar-refractivity contribution >= 4 is 17.6 Å². The normalized spacial score (nSPS) is 11.5. The number of methoxy groups -OCH3 is 1. The monoisotopic (exact) mass is 284 g/mol. The van der Waals surface area contributed by atoms with Crippen LogP contribution in [-0.2, 0) is 9.53 Å². The van der Waals surface area contributed by atoms with Gasteiger partial charge >= 0.3 is 5.97 Å². The first kappa shape index (κ1) is 14.7. The number of esters is 1. The number of ether oxygens (including phenoxy) is 1. The molecule has 0 spiro atoms. The van der Waals surface area contributed by atoms with Crippen LogP contribution in [0.3, 0.4) is 0 Å². The Balaban J connectivity index is 2.11. The summed E-state index contributed by atoms with van der Waals surface area (Å²) in [5, 5.41) is 2.69. The molecule has 0 unspecified atom stereocenters. The summed E-state index contributed by atoms with van der Waals surface area (Å²) in [7, 11) is 1.30. The van der Waals surface area contributed by atoms with Crippen LogP contribution in [0.1, 0.15) is 22.0 Å². The fourth-order valence-electron chi connectivity index (χ4n) is 1.87. The Kier molecular flexibility index (Phi) is 4.68. The van der Waals surface area contributed by atoms with Crippen LogP contribution in [0.4, 0.5) is 5.69 Å². The maximum atomic E-state index is 12.1. The fraction of sp³-hybridized carbons (Fsp3) is 0.125. The van der Waals surface area contributed by atoms with Crippen molar-refractivity contribution in [3.8, 4) is 0 Å². The average Bonchev–Trinajstić information content (AvgIpc) is 2.54. The second-order valence-electron chi connectivity index (χ2n) is 4.45. The van der Waals surface area contributed by atoms with Crippen molar-refractivity contribution in [2.45, 2.75) is 6.04 Å². The van der Waals surface area contributed by atoms with Crippen LogP contribution >= 0.6 is 0 Å². The molecule has 0 fully saturated rings. The van der Waals surface area contributed by atoms with Gasteiger partial charge in [-0.1, -0.05) is 36.4 Å². The molecule has 2 aromatic carbocycles. The molecule has 0 aromatic heterocycles. The van der Waals surface area contributed by atoms with Crippen LogP contribution in [0.5, 0.6) is 0 Å². The highest BCUT2D eigenvalue weighted by molar-refractivity contribution is 5.97. The maximum absolute atomic E-state index is 12.1. The highest BCUT2D eigenvalue weighted by atomic mass is 16.5. The lowest BCUT2D eigenvalue weighted by Gasteiger charge is -2.13. The molecule has 0 heterocycles. The lowest BCUT2D eigenvalue weighted by atomic mass is 10.1. The summed E-state index contributed by atoms with van der Waals surface area (Å²) in [6.07, 6.45) is 0. The summed E-state index contributed by atoms with van der Waals surface area (Å²) >= 11 is 0. The van der Waals surface area contributed by atoms with Crippen LogP contribution in [0.25, 0.3) is 0 Å². The number of rotatable bonds is 4. The minimum Gasteiger partial charge on any atom is -0.465 e. The summed E-state index contributed by atoms with van der Waals surface area (Å²) in [5.74, 6) is -0.804. The Hall–Kier alpha value is -2.66. The largest absolute Gasteiger partial charge is 0.465 e. The Morgan fingerprint density at radius 3 is 2.48 bits per heavy atom. The number of nitrogens with two attached hydrogens (primary N) is 1. The molecule has 0 aliphatic rings. The number of hydrogen-bond donors (Lipinski definition) is 2. The zero-order valence-corrected chi connectivity index (χ0v) is 11.6. The molecule has 21 heavy (non-hydrogen) atoms. The van der Waals surface area contributed by atoms with Gasteiger partial charge in [0, 0.05) is 5.69 Å². The second kappa shape index (κ2) is 6.67. The van der Waals surface area contributed by atoms with E-state index in [1.165, 1.54) is 7.11 Å². The highest BCUT2D eigenvalue weighted by Crippen LogP contribution is 2.15. The standard InChI is InChI=1S/C16H16N2O3/c1-21-16(20)12-8-5-9-13(10-12)18-15(19)14(17)11-6-3-2-4-7-11/h2-10,14H,17H2,1H3,(H,18,19)/t14-/m1/s1. The molecule has 2 aromatic rings. The van der Waals surface area contributed by atoms with Gasteiger partial charge in [0.1, 0.15) is 6.04 Å². The van der Waals surface area contributed by atoms with Gasteiger partial charge in [0.2, 0.25) is 5.91 Å². The summed E-state index contributed by atoms with van der Waals surface area (Å²) in [4.78, 5) is 23.6. The third-order valence-electron chi connectivity index (χ3n) is 2.99. The minimum absolute atomic E-state index is 0.344. The van der Waals surface area contributed by atoms with Gasteiger partial charge in [0.25, 0.3) is 0 Å². The van der Waals surface area contributed by atoms with E-state index in [4.69, 9.17) is 5.73 Å². The first-order valence-electron chi connectivity index (χ1n) is 6.41. The van der Waals surface area contributed by atoms with E-state index in [-0.39, 0.29) is 5.91 Å². The van der Waals surface area contributed by atoms with Gasteiger partial charge in [-0.2, -0.15) is 0 Å². The molecule has 1 amide bonds. The quantitative estimate of drug-likeness (QED) is 0.842. The van der Waals surface area contributed by atoms with Gasteiger partial charge in [-0.05, 0) is 23.8 Å². The number of benzene rings is 2. The molecular formula is C16H16N2O3. The first-order chi connectivity index (χ1) is 10.1. The SMILES string of the molecule is COC(=O)c1cccc(NC(=O)[C@H](N)c2ccccc2)c1. The molecule has 2 rings (SSSR count). The number of carbonyl (C=O) groups excluding carboxylic acids is 2. The van der Waals surface area contributed by atoms with Crippen molar-refractivity contribution in [1.29, 1.82) is 0 Å². The van der Waals surface area contributed by atoms with Crippen molar-refractivity contribution in [3.63, 3.8) is 0 Å². The summed E-state index contributed by atoms with van der Waals surface area (Å²) in [6, 6.07) is 14.8. The van der Waals surface area contributed by atoms with Crippen molar-refractivity contribution in [2.24, 2.45) is 5.73 Å². The Bertz CT molecular complexity index is 641. The molecule has 0 aliphatic heterocycles. The Morgan fingerprint density at radius 2 is 1.81 bits per heavy atom. The van der Waals surface area contributed by atoms with Crippen LogP contribution < -0.4 is 11.1 Å². The molecule has 0 bridgehead atoms. The smallest absolute Gasteiger partial charge is 0.337 e. The molecule has 0 radical (unpaired) electrons. The van der Waals surface area contributed by atoms with Crippen LogP contribution in [0.15, 0.2) is 54.6 Å². The van der Waals surface area contributed by atoms with Crippen molar-refractivity contribution in [2.75, 3.05) is 12.4 Å². The molecule has 1 atom stereocenters. The van der Waals surface area contributed by atoms with E-state index in [1.54, 1.807) is 36.4 Å². The average molecular weight is 284 g/mol. The predicted molar refractivity (Wildman–Crippen MR) is 79.8 cm³/mol. The Morgan fingerprint density at radius 1 is 1.10 bits per heavy atom. The van der Waals surface area contributed by atoms with Gasteiger partial charge in [0.05, 0.1) is 12.7 Å². The van der Waals surface area contributed by atoms with E-state index in [9.17, 15) is 9.59 Å². The van der Waals surface area contributed by atoms with Gasteiger partial charge in [-0.15, -0.1) is 0 Å². The molecule has 0 aliphatic carbocycles. The number of carbonyl (C=O) groups is 2. The van der Waals surface area contributed by atoms with Crippen LogP contribution in [0, 0.1) is 0 Å². The predicted octanol–water partition coefficient (Wildman–Crippen LogP) is 2.11. The second-order valence-corrected chi connectivity index (χ2v) is 4.45. The molecule has 5 heteroatoms. The zero-order valence-electron chi connectivity index (χ0n) is 11.6. The van der Waals surface area contributed by atoms with E-state index < -0.39 is 12.0 Å². The molecule has 5 nitrogen and oxygen atoms in total. The number of amides is 1. The van der Waals surface area contributed by atoms with E-state index >= 15 is 0 Å². The lowest BCUT2D eigenvalue weighted by molar-refractivity contribution is -0.117. The molecule has 0 saturated carbocycles. The molecule has 0 saturated heterocycles. The topological polar surface area (TPSA) is 81.4 Å². The van der Waals surface area contributed by atoms with E-state index in [2.05, 4.69) is 10.1 Å². The lowest BCUT2D eigenvalue weighted by Crippen LogP contribution is -2.27. The van der Waals surface area contributed by atoms with Gasteiger partial charge in [-0.25, -0.2) is 4.79 Å². The van der Waals surface area contributed by atoms with E-state index in [0.29, 0.717) is 11.3 Å². The van der Waals surface area contributed by atoms with E-state index in [0.717, 1.165) is 5.56 Å². The fourth-order valence-corrected chi connectivity index (χ4v) is 1.87. The van der Waals surface area contributed by atoms with Crippen LogP contribution in [0.2, 0.25) is 0 Å². The maximum Gasteiger partial charge on any atom is 0.337 e. The highest BCUT2D eigenvalue weighted by Gasteiger charge is 2.16. The minimum atomic E-state index is -0.770. The van der Waals surface area contributed by atoms with Gasteiger partial charge < -0.3 is 15.8 Å². The number of nitrogens with one attached hydrogen (secondary N) is 1.